The van der Waals surface area contributed by atoms with E-state index in [1.165, 1.54) is 28.0 Å². The molecule has 0 bridgehead atoms. The first-order chi connectivity index (χ1) is 15.6. The molecular formula is C26H32N4O2. The number of urea groups is 1. The predicted molar refractivity (Wildman–Crippen MR) is 123 cm³/mol. The van der Waals surface area contributed by atoms with Gasteiger partial charge in [0, 0.05) is 45.1 Å². The van der Waals surface area contributed by atoms with Gasteiger partial charge in [-0.3, -0.25) is 19.6 Å². The summed E-state index contributed by atoms with van der Waals surface area (Å²) in [6.45, 7) is 2.23. The Labute approximate surface area is 190 Å². The summed E-state index contributed by atoms with van der Waals surface area (Å²) in [5.74, 6) is 0.00775. The van der Waals surface area contributed by atoms with Crippen molar-refractivity contribution < 1.29 is 9.59 Å². The molecule has 2 aromatic rings. The van der Waals surface area contributed by atoms with Crippen LogP contribution in [0.4, 0.5) is 4.79 Å². The van der Waals surface area contributed by atoms with Crippen molar-refractivity contribution in [3.05, 3.63) is 65.5 Å². The minimum absolute atomic E-state index is 0.00775. The molecule has 0 radical (unpaired) electrons. The van der Waals surface area contributed by atoms with Crippen LogP contribution >= 0.6 is 0 Å². The number of aromatic nitrogens is 1. The SMILES string of the molecule is CN1C(=O)N(CCCc2ccncc2)C(=O)C12CCN(C1CCc3ccccc3C1)CC2. The van der Waals surface area contributed by atoms with Crippen LogP contribution < -0.4 is 0 Å². The van der Waals surface area contributed by atoms with E-state index in [1.807, 2.05) is 19.2 Å². The number of carbonyl (C=O) groups excluding carboxylic acids is 2. The van der Waals surface area contributed by atoms with Gasteiger partial charge < -0.3 is 4.90 Å². The van der Waals surface area contributed by atoms with E-state index in [0.717, 1.165) is 51.6 Å². The van der Waals surface area contributed by atoms with E-state index in [4.69, 9.17) is 0 Å². The smallest absolute Gasteiger partial charge is 0.312 e. The molecule has 1 aromatic carbocycles. The number of fused-ring (bicyclic) bond motifs is 1. The molecule has 1 aliphatic carbocycles. The summed E-state index contributed by atoms with van der Waals surface area (Å²) in [5.41, 5.74) is 3.48. The lowest BCUT2D eigenvalue weighted by atomic mass is 9.82. The molecular weight excluding hydrogens is 400 g/mol. The van der Waals surface area contributed by atoms with E-state index < -0.39 is 5.54 Å². The third kappa shape index (κ3) is 3.71. The van der Waals surface area contributed by atoms with E-state index >= 15 is 0 Å². The maximum atomic E-state index is 13.4. The van der Waals surface area contributed by atoms with Gasteiger partial charge in [0.15, 0.2) is 0 Å². The van der Waals surface area contributed by atoms with Gasteiger partial charge in [0.25, 0.3) is 5.91 Å². The number of amides is 3. The van der Waals surface area contributed by atoms with Crippen LogP contribution in [0.5, 0.6) is 0 Å². The number of piperidine rings is 1. The van der Waals surface area contributed by atoms with E-state index in [1.54, 1.807) is 17.3 Å². The summed E-state index contributed by atoms with van der Waals surface area (Å²) in [7, 11) is 1.82. The topological polar surface area (TPSA) is 56.8 Å². The van der Waals surface area contributed by atoms with Crippen LogP contribution in [0.15, 0.2) is 48.8 Å². The van der Waals surface area contributed by atoms with E-state index in [2.05, 4.69) is 34.1 Å². The summed E-state index contributed by atoms with van der Waals surface area (Å²) in [6.07, 6.45) is 10.0. The lowest BCUT2D eigenvalue weighted by Gasteiger charge is -2.44. The standard InChI is InChI=1S/C26H32N4O2/c1-28-25(32)30(16-4-5-20-10-14-27-15-11-20)24(31)26(28)12-17-29(18-13-26)23-9-8-21-6-2-3-7-22(21)19-23/h2-3,6-7,10-11,14-15,23H,4-5,8-9,12-13,16-19H2,1H3. The summed E-state index contributed by atoms with van der Waals surface area (Å²) in [5, 5.41) is 0. The van der Waals surface area contributed by atoms with Gasteiger partial charge in [0.2, 0.25) is 0 Å². The van der Waals surface area contributed by atoms with Crippen molar-refractivity contribution in [1.82, 2.24) is 19.7 Å². The molecule has 3 heterocycles. The third-order valence-electron chi connectivity index (χ3n) is 7.86. The second kappa shape index (κ2) is 8.66. The molecule has 3 aliphatic rings. The number of likely N-dealkylation sites (N-methyl/N-ethyl adjacent to an activating group) is 1. The Balaban J connectivity index is 1.20. The van der Waals surface area contributed by atoms with Crippen LogP contribution in [-0.4, -0.2) is 69.9 Å². The van der Waals surface area contributed by atoms with Crippen molar-refractivity contribution in [2.24, 2.45) is 0 Å². The zero-order valence-electron chi connectivity index (χ0n) is 18.9. The fraction of sp³-hybridized carbons (Fsp3) is 0.500. The highest BCUT2D eigenvalue weighted by atomic mass is 16.2. The molecule has 3 amide bonds. The molecule has 1 atom stereocenters. The first-order valence-corrected chi connectivity index (χ1v) is 11.9. The largest absolute Gasteiger partial charge is 0.327 e. The first-order valence-electron chi connectivity index (χ1n) is 11.9. The zero-order chi connectivity index (χ0) is 22.1. The van der Waals surface area contributed by atoms with E-state index in [-0.39, 0.29) is 11.9 Å². The van der Waals surface area contributed by atoms with Crippen molar-refractivity contribution in [2.45, 2.75) is 56.5 Å². The molecule has 168 valence electrons. The van der Waals surface area contributed by atoms with Crippen molar-refractivity contribution in [3.8, 4) is 0 Å². The van der Waals surface area contributed by atoms with Gasteiger partial charge in [0.05, 0.1) is 0 Å². The lowest BCUT2D eigenvalue weighted by Crippen LogP contribution is -2.57. The number of hydrogen-bond donors (Lipinski definition) is 0. The molecule has 2 saturated heterocycles. The Kier molecular flexibility index (Phi) is 5.72. The van der Waals surface area contributed by atoms with Crippen LogP contribution in [0.3, 0.4) is 0 Å². The van der Waals surface area contributed by atoms with Gasteiger partial charge in [-0.25, -0.2) is 4.79 Å². The summed E-state index contributed by atoms with van der Waals surface area (Å²) >= 11 is 0. The first kappa shape index (κ1) is 21.1. The fourth-order valence-corrected chi connectivity index (χ4v) is 5.83. The molecule has 0 saturated carbocycles. The number of hydrogen-bond acceptors (Lipinski definition) is 4. The van der Waals surface area contributed by atoms with Gasteiger partial charge in [0.1, 0.15) is 5.54 Å². The Morgan fingerprint density at radius 1 is 1.03 bits per heavy atom. The molecule has 5 rings (SSSR count). The molecule has 0 N–H and O–H groups in total. The highest BCUT2D eigenvalue weighted by molar-refractivity contribution is 6.07. The van der Waals surface area contributed by atoms with Crippen LogP contribution in [0.1, 0.15) is 42.4 Å². The van der Waals surface area contributed by atoms with Crippen molar-refractivity contribution in [3.63, 3.8) is 0 Å². The third-order valence-corrected chi connectivity index (χ3v) is 7.86. The molecule has 1 unspecified atom stereocenters. The van der Waals surface area contributed by atoms with Gasteiger partial charge in [-0.1, -0.05) is 24.3 Å². The highest BCUT2D eigenvalue weighted by Crippen LogP contribution is 2.38. The van der Waals surface area contributed by atoms with Gasteiger partial charge in [-0.15, -0.1) is 0 Å². The van der Waals surface area contributed by atoms with Crippen LogP contribution in [0.2, 0.25) is 0 Å². The van der Waals surface area contributed by atoms with Crippen molar-refractivity contribution in [2.75, 3.05) is 26.7 Å². The minimum atomic E-state index is -0.656. The molecule has 32 heavy (non-hydrogen) atoms. The molecule has 1 spiro atoms. The minimum Gasteiger partial charge on any atom is -0.312 e. The number of aryl methyl sites for hydroxylation is 2. The Morgan fingerprint density at radius 3 is 2.50 bits per heavy atom. The predicted octanol–water partition coefficient (Wildman–Crippen LogP) is 3.30. The molecule has 2 fully saturated rings. The summed E-state index contributed by atoms with van der Waals surface area (Å²) in [4.78, 5) is 36.2. The molecule has 6 nitrogen and oxygen atoms in total. The van der Waals surface area contributed by atoms with Crippen LogP contribution in [0, 0.1) is 0 Å². The van der Waals surface area contributed by atoms with Gasteiger partial charge >= 0.3 is 6.03 Å². The van der Waals surface area contributed by atoms with E-state index in [9.17, 15) is 9.59 Å². The van der Waals surface area contributed by atoms with Crippen molar-refractivity contribution >= 4 is 11.9 Å². The quantitative estimate of drug-likeness (QED) is 0.681. The number of benzene rings is 1. The highest BCUT2D eigenvalue weighted by Gasteiger charge is 2.56. The number of carbonyl (C=O) groups is 2. The van der Waals surface area contributed by atoms with Crippen LogP contribution in [-0.2, 0) is 24.1 Å². The second-order valence-electron chi connectivity index (χ2n) is 9.49. The second-order valence-corrected chi connectivity index (χ2v) is 9.49. The maximum Gasteiger partial charge on any atom is 0.327 e. The van der Waals surface area contributed by atoms with Crippen molar-refractivity contribution in [1.29, 1.82) is 0 Å². The number of imide groups is 1. The van der Waals surface area contributed by atoms with Crippen LogP contribution in [0.25, 0.3) is 0 Å². The lowest BCUT2D eigenvalue weighted by molar-refractivity contribution is -0.135. The maximum absolute atomic E-state index is 13.4. The Morgan fingerprint density at radius 2 is 1.75 bits per heavy atom. The summed E-state index contributed by atoms with van der Waals surface area (Å²) < 4.78 is 0. The van der Waals surface area contributed by atoms with Gasteiger partial charge in [-0.05, 0) is 73.8 Å². The fourth-order valence-electron chi connectivity index (χ4n) is 5.83. The number of rotatable bonds is 5. The summed E-state index contributed by atoms with van der Waals surface area (Å²) in [6, 6.07) is 13.1. The average molecular weight is 433 g/mol. The number of pyridine rings is 1. The normalized spacial score (nSPS) is 23.1. The monoisotopic (exact) mass is 432 g/mol. The molecule has 2 aliphatic heterocycles. The van der Waals surface area contributed by atoms with E-state index in [0.29, 0.717) is 12.6 Å². The number of nitrogens with zero attached hydrogens (tertiary/aromatic N) is 4. The zero-order valence-corrected chi connectivity index (χ0v) is 18.9. The Bertz CT molecular complexity index is 984. The number of likely N-dealkylation sites (tertiary alicyclic amines) is 1. The molecule has 6 heteroatoms. The Hall–Kier alpha value is -2.73. The van der Waals surface area contributed by atoms with Gasteiger partial charge in [-0.2, -0.15) is 0 Å². The molecule has 1 aromatic heterocycles. The average Bonchev–Trinajstić information content (AvgIpc) is 3.01.